The third-order valence-electron chi connectivity index (χ3n) is 4.43. The molecule has 3 aromatic carbocycles. The molecule has 0 aliphatic heterocycles. The number of nitrogens with zero attached hydrogens (tertiary/aromatic N) is 3. The van der Waals surface area contributed by atoms with Crippen LogP contribution in [0.25, 0.3) is 16.3 Å². The van der Waals surface area contributed by atoms with E-state index in [2.05, 4.69) is 42.9 Å². The minimum Gasteiger partial charge on any atom is -0.487 e. The lowest BCUT2D eigenvalue weighted by atomic mass is 10.2. The second-order valence-corrected chi connectivity index (χ2v) is 10.7. The molecule has 4 rings (SSSR count). The number of hydrogen-bond donors (Lipinski definition) is 0. The summed E-state index contributed by atoms with van der Waals surface area (Å²) in [6, 6.07) is 20.1. The Balaban J connectivity index is 1.49. The zero-order valence-electron chi connectivity index (χ0n) is 16.7. The Kier molecular flexibility index (Phi) is 7.45. The number of ether oxygens (including phenoxy) is 1. The number of allylic oxidation sites excluding steroid dienone is 1. The standard InChI is InChI=1S/C23H13Br2N3O3S2/c24-18-10-15(9-17(12-26)32-23-27-20-3-1-2-4-21(20)33-23)11-19(25)22(18)31-13-14-5-7-16(8-6-14)28(29)30/h1-11H,13H2/b17-9+. The minimum atomic E-state index is -0.436. The molecule has 0 aliphatic carbocycles. The first-order valence-corrected chi connectivity index (χ1v) is 12.7. The molecule has 0 bridgehead atoms. The maximum absolute atomic E-state index is 10.8. The maximum atomic E-state index is 10.8. The van der Waals surface area contributed by atoms with Gasteiger partial charge in [0.05, 0.1) is 29.0 Å². The van der Waals surface area contributed by atoms with Gasteiger partial charge in [0.15, 0.2) is 4.34 Å². The van der Waals surface area contributed by atoms with Crippen LogP contribution >= 0.6 is 55.0 Å². The molecule has 0 spiro atoms. The molecule has 1 aromatic heterocycles. The van der Waals surface area contributed by atoms with Gasteiger partial charge in [0.25, 0.3) is 5.69 Å². The Morgan fingerprint density at radius 3 is 2.52 bits per heavy atom. The number of fused-ring (bicyclic) bond motifs is 1. The Morgan fingerprint density at radius 1 is 1.18 bits per heavy atom. The molecule has 0 fully saturated rings. The summed E-state index contributed by atoms with van der Waals surface area (Å²) in [6.45, 7) is 0.251. The number of thioether (sulfide) groups is 1. The van der Waals surface area contributed by atoms with Crippen LogP contribution in [0.15, 0.2) is 78.9 Å². The molecule has 0 unspecified atom stereocenters. The number of halogens is 2. The largest absolute Gasteiger partial charge is 0.487 e. The molecule has 4 aromatic rings. The van der Waals surface area contributed by atoms with Gasteiger partial charge in [-0.15, -0.1) is 11.3 Å². The first-order valence-electron chi connectivity index (χ1n) is 9.43. The number of para-hydroxylation sites is 1. The molecule has 164 valence electrons. The SMILES string of the molecule is N#C/C(=C\c1cc(Br)c(OCc2ccc([N+](=O)[O-])cc2)c(Br)c1)Sc1nc2ccccc2s1. The van der Waals surface area contributed by atoms with E-state index in [9.17, 15) is 15.4 Å². The number of hydrogen-bond acceptors (Lipinski definition) is 7. The zero-order valence-corrected chi connectivity index (χ0v) is 21.5. The van der Waals surface area contributed by atoms with E-state index in [1.54, 1.807) is 29.5 Å². The van der Waals surface area contributed by atoms with E-state index in [-0.39, 0.29) is 12.3 Å². The highest BCUT2D eigenvalue weighted by atomic mass is 79.9. The van der Waals surface area contributed by atoms with Crippen molar-refractivity contribution in [3.63, 3.8) is 0 Å². The molecule has 0 radical (unpaired) electrons. The second-order valence-electron chi connectivity index (χ2n) is 6.70. The van der Waals surface area contributed by atoms with Crippen LogP contribution in [0.3, 0.4) is 0 Å². The highest BCUT2D eigenvalue weighted by Crippen LogP contribution is 2.38. The van der Waals surface area contributed by atoms with Crippen LogP contribution in [0.2, 0.25) is 0 Å². The van der Waals surface area contributed by atoms with Crippen molar-refractivity contribution < 1.29 is 9.66 Å². The van der Waals surface area contributed by atoms with E-state index in [4.69, 9.17) is 4.74 Å². The van der Waals surface area contributed by atoms with Crippen LogP contribution in [-0.2, 0) is 6.61 Å². The lowest BCUT2D eigenvalue weighted by Gasteiger charge is -2.11. The van der Waals surface area contributed by atoms with Crippen molar-refractivity contribution >= 4 is 76.9 Å². The van der Waals surface area contributed by atoms with Gasteiger partial charge in [-0.2, -0.15) is 5.26 Å². The maximum Gasteiger partial charge on any atom is 0.269 e. The second kappa shape index (κ2) is 10.5. The molecule has 1 heterocycles. The van der Waals surface area contributed by atoms with Crippen LogP contribution in [0, 0.1) is 21.4 Å². The highest BCUT2D eigenvalue weighted by molar-refractivity contribution is 9.11. The van der Waals surface area contributed by atoms with Gasteiger partial charge in [-0.25, -0.2) is 4.98 Å². The van der Waals surface area contributed by atoms with E-state index in [0.717, 1.165) is 25.7 Å². The first-order chi connectivity index (χ1) is 15.9. The van der Waals surface area contributed by atoms with Crippen molar-refractivity contribution in [3.8, 4) is 11.8 Å². The third-order valence-corrected chi connectivity index (χ3v) is 7.63. The smallest absolute Gasteiger partial charge is 0.269 e. The van der Waals surface area contributed by atoms with Crippen molar-refractivity contribution in [3.05, 3.63) is 95.8 Å². The summed E-state index contributed by atoms with van der Waals surface area (Å²) in [5, 5.41) is 20.4. The first kappa shape index (κ1) is 23.4. The fourth-order valence-corrected chi connectivity index (χ4v) is 6.32. The molecule has 0 saturated carbocycles. The fourth-order valence-electron chi connectivity index (χ4n) is 2.89. The van der Waals surface area contributed by atoms with Crippen LogP contribution in [0.4, 0.5) is 5.69 Å². The summed E-state index contributed by atoms with van der Waals surface area (Å²) in [7, 11) is 0. The molecular formula is C23H13Br2N3O3S2. The fraction of sp³-hybridized carbons (Fsp3) is 0.0435. The molecule has 0 aliphatic rings. The summed E-state index contributed by atoms with van der Waals surface area (Å²) in [5.74, 6) is 0.600. The predicted octanol–water partition coefficient (Wildman–Crippen LogP) is 7.97. The van der Waals surface area contributed by atoms with Crippen molar-refractivity contribution in [2.75, 3.05) is 0 Å². The zero-order chi connectivity index (χ0) is 23.4. The number of nitro groups is 1. The van der Waals surface area contributed by atoms with E-state index in [1.165, 1.54) is 23.9 Å². The molecule has 0 amide bonds. The van der Waals surface area contributed by atoms with Gasteiger partial charge in [-0.05, 0) is 97.2 Å². The number of benzene rings is 3. The average Bonchev–Trinajstić information content (AvgIpc) is 3.20. The molecular weight excluding hydrogens is 590 g/mol. The van der Waals surface area contributed by atoms with E-state index < -0.39 is 4.92 Å². The highest BCUT2D eigenvalue weighted by Gasteiger charge is 2.12. The van der Waals surface area contributed by atoms with Crippen molar-refractivity contribution in [1.29, 1.82) is 5.26 Å². The molecule has 6 nitrogen and oxygen atoms in total. The molecule has 0 N–H and O–H groups in total. The number of non-ortho nitro benzene ring substituents is 1. The number of aromatic nitrogens is 1. The minimum absolute atomic E-state index is 0.0364. The molecule has 0 saturated heterocycles. The summed E-state index contributed by atoms with van der Waals surface area (Å²) in [4.78, 5) is 15.4. The van der Waals surface area contributed by atoms with Crippen molar-refractivity contribution in [2.45, 2.75) is 10.9 Å². The lowest BCUT2D eigenvalue weighted by Crippen LogP contribution is -1.98. The van der Waals surface area contributed by atoms with Crippen molar-refractivity contribution in [2.24, 2.45) is 0 Å². The van der Waals surface area contributed by atoms with Crippen LogP contribution in [0.5, 0.6) is 5.75 Å². The topological polar surface area (TPSA) is 89.0 Å². The molecule has 0 atom stereocenters. The summed E-state index contributed by atoms with van der Waals surface area (Å²) < 4.78 is 9.23. The quantitative estimate of drug-likeness (QED) is 0.0922. The van der Waals surface area contributed by atoms with E-state index >= 15 is 0 Å². The Hall–Kier alpha value is -2.71. The Labute approximate surface area is 214 Å². The molecule has 33 heavy (non-hydrogen) atoms. The van der Waals surface area contributed by atoms with Gasteiger partial charge in [0.2, 0.25) is 0 Å². The number of nitro benzene ring substituents is 1. The van der Waals surface area contributed by atoms with E-state index in [1.807, 2.05) is 36.4 Å². The third kappa shape index (κ3) is 5.81. The summed E-state index contributed by atoms with van der Waals surface area (Å²) in [5.41, 5.74) is 2.58. The predicted molar refractivity (Wildman–Crippen MR) is 138 cm³/mol. The monoisotopic (exact) mass is 601 g/mol. The normalized spacial score (nSPS) is 11.4. The van der Waals surface area contributed by atoms with E-state index in [0.29, 0.717) is 19.6 Å². The van der Waals surface area contributed by atoms with Gasteiger partial charge in [0.1, 0.15) is 18.4 Å². The van der Waals surface area contributed by atoms with Crippen LogP contribution in [-0.4, -0.2) is 9.91 Å². The number of nitriles is 1. The number of thiazole rings is 1. The van der Waals surface area contributed by atoms with Crippen LogP contribution < -0.4 is 4.74 Å². The van der Waals surface area contributed by atoms with Gasteiger partial charge in [0, 0.05) is 12.1 Å². The van der Waals surface area contributed by atoms with Gasteiger partial charge >= 0.3 is 0 Å². The Bertz CT molecular complexity index is 1360. The summed E-state index contributed by atoms with van der Waals surface area (Å²) in [6.07, 6.45) is 1.80. The average molecular weight is 603 g/mol. The van der Waals surface area contributed by atoms with Crippen molar-refractivity contribution in [1.82, 2.24) is 4.98 Å². The van der Waals surface area contributed by atoms with Crippen LogP contribution in [0.1, 0.15) is 11.1 Å². The van der Waals surface area contributed by atoms with Gasteiger partial charge in [-0.3, -0.25) is 10.1 Å². The Morgan fingerprint density at radius 2 is 1.88 bits per heavy atom. The van der Waals surface area contributed by atoms with Gasteiger partial charge in [-0.1, -0.05) is 12.1 Å². The molecule has 10 heteroatoms. The van der Waals surface area contributed by atoms with Gasteiger partial charge < -0.3 is 4.74 Å². The lowest BCUT2D eigenvalue weighted by molar-refractivity contribution is -0.384. The summed E-state index contributed by atoms with van der Waals surface area (Å²) >= 11 is 9.95. The number of rotatable bonds is 7.